The lowest BCUT2D eigenvalue weighted by Gasteiger charge is -2.35. The van der Waals surface area contributed by atoms with Gasteiger partial charge in [0.2, 0.25) is 5.91 Å². The number of hydrogen-bond donors (Lipinski definition) is 4. The quantitative estimate of drug-likeness (QED) is 0.369. The molecule has 0 spiro atoms. The number of methoxy groups -OCH3 is 1. The fourth-order valence-corrected chi connectivity index (χ4v) is 3.19. The summed E-state index contributed by atoms with van der Waals surface area (Å²) in [7, 11) is 1.50. The molecule has 4 N–H and O–H groups in total. The third-order valence-corrected chi connectivity index (χ3v) is 5.05. The SMILES string of the molecule is COc1ccccc1NC(=O)NC(C(=O)N(CC(=O)NO)CC1CCC1)C(C)C. The van der Waals surface area contributed by atoms with Crippen LogP contribution in [0.3, 0.4) is 0 Å². The zero-order chi connectivity index (χ0) is 21.4. The van der Waals surface area contributed by atoms with E-state index in [1.54, 1.807) is 29.7 Å². The smallest absolute Gasteiger partial charge is 0.320 e. The maximum Gasteiger partial charge on any atom is 0.320 e. The number of rotatable bonds is 9. The van der Waals surface area contributed by atoms with E-state index in [4.69, 9.17) is 9.94 Å². The van der Waals surface area contributed by atoms with Crippen LogP contribution in [-0.2, 0) is 9.59 Å². The Bertz CT molecular complexity index is 721. The molecule has 2 rings (SSSR count). The van der Waals surface area contributed by atoms with Gasteiger partial charge in [0.15, 0.2) is 0 Å². The third kappa shape index (κ3) is 6.35. The molecule has 1 aromatic rings. The molecule has 1 aliphatic rings. The van der Waals surface area contributed by atoms with Crippen molar-refractivity contribution in [2.45, 2.75) is 39.2 Å². The highest BCUT2D eigenvalue weighted by Gasteiger charge is 2.32. The van der Waals surface area contributed by atoms with Crippen LogP contribution in [0.15, 0.2) is 24.3 Å². The van der Waals surface area contributed by atoms with E-state index in [1.165, 1.54) is 12.0 Å². The average molecular weight is 406 g/mol. The van der Waals surface area contributed by atoms with E-state index in [1.807, 2.05) is 13.8 Å². The molecular formula is C20H30N4O5. The van der Waals surface area contributed by atoms with Crippen LogP contribution in [0.2, 0.25) is 0 Å². The van der Waals surface area contributed by atoms with Crippen molar-refractivity contribution in [3.63, 3.8) is 0 Å². The van der Waals surface area contributed by atoms with Crippen molar-refractivity contribution in [2.75, 3.05) is 25.5 Å². The van der Waals surface area contributed by atoms with Crippen LogP contribution in [0.5, 0.6) is 5.75 Å². The van der Waals surface area contributed by atoms with Gasteiger partial charge in [0.25, 0.3) is 5.91 Å². The van der Waals surface area contributed by atoms with Crippen molar-refractivity contribution in [1.82, 2.24) is 15.7 Å². The molecule has 1 saturated carbocycles. The minimum atomic E-state index is -0.823. The standard InChI is InChI=1S/C20H30N4O5/c1-13(2)18(22-20(27)21-15-9-4-5-10-16(15)29-3)19(26)24(12-17(25)23-28)11-14-7-6-8-14/h4-5,9-10,13-14,18,28H,6-8,11-12H2,1-3H3,(H,23,25)(H2,21,22,27). The van der Waals surface area contributed by atoms with E-state index in [0.29, 0.717) is 23.9 Å². The molecule has 0 aromatic heterocycles. The Morgan fingerprint density at radius 1 is 1.24 bits per heavy atom. The third-order valence-electron chi connectivity index (χ3n) is 5.05. The van der Waals surface area contributed by atoms with Crippen molar-refractivity contribution < 1.29 is 24.3 Å². The zero-order valence-corrected chi connectivity index (χ0v) is 17.1. The lowest BCUT2D eigenvalue weighted by Crippen LogP contribution is -2.55. The zero-order valence-electron chi connectivity index (χ0n) is 17.1. The van der Waals surface area contributed by atoms with Gasteiger partial charge in [0.1, 0.15) is 18.3 Å². The molecule has 1 atom stereocenters. The Morgan fingerprint density at radius 3 is 2.48 bits per heavy atom. The van der Waals surface area contributed by atoms with Crippen molar-refractivity contribution in [2.24, 2.45) is 11.8 Å². The van der Waals surface area contributed by atoms with Crippen LogP contribution >= 0.6 is 0 Å². The molecule has 160 valence electrons. The predicted octanol–water partition coefficient (Wildman–Crippen LogP) is 1.98. The Balaban J connectivity index is 2.09. The largest absolute Gasteiger partial charge is 0.495 e. The van der Waals surface area contributed by atoms with Crippen molar-refractivity contribution in [3.8, 4) is 5.75 Å². The number of carbonyl (C=O) groups is 3. The van der Waals surface area contributed by atoms with Crippen molar-refractivity contribution in [1.29, 1.82) is 0 Å². The summed E-state index contributed by atoms with van der Waals surface area (Å²) in [4.78, 5) is 38.7. The first-order chi connectivity index (χ1) is 13.8. The second kappa shape index (κ2) is 10.7. The topological polar surface area (TPSA) is 120 Å². The van der Waals surface area contributed by atoms with Gasteiger partial charge in [0, 0.05) is 6.54 Å². The van der Waals surface area contributed by atoms with E-state index >= 15 is 0 Å². The van der Waals surface area contributed by atoms with Crippen LogP contribution in [0, 0.1) is 11.8 Å². The number of hydrogen-bond acceptors (Lipinski definition) is 5. The second-order valence-corrected chi connectivity index (χ2v) is 7.57. The Labute approximate surface area is 170 Å². The summed E-state index contributed by atoms with van der Waals surface area (Å²) in [5.74, 6) is -0.390. The molecule has 9 nitrogen and oxygen atoms in total. The van der Waals surface area contributed by atoms with Gasteiger partial charge in [0.05, 0.1) is 12.8 Å². The summed E-state index contributed by atoms with van der Waals surface area (Å²) >= 11 is 0. The van der Waals surface area contributed by atoms with E-state index in [2.05, 4.69) is 10.6 Å². The Morgan fingerprint density at radius 2 is 1.93 bits per heavy atom. The second-order valence-electron chi connectivity index (χ2n) is 7.57. The first-order valence-corrected chi connectivity index (χ1v) is 9.78. The normalized spacial score (nSPS) is 14.5. The molecule has 0 bridgehead atoms. The van der Waals surface area contributed by atoms with Gasteiger partial charge in [-0.25, -0.2) is 10.3 Å². The molecule has 1 fully saturated rings. The maximum absolute atomic E-state index is 13.1. The first-order valence-electron chi connectivity index (χ1n) is 9.78. The van der Waals surface area contributed by atoms with E-state index in [0.717, 1.165) is 19.3 Å². The van der Waals surface area contributed by atoms with Crippen LogP contribution in [0.1, 0.15) is 33.1 Å². The number of amides is 4. The summed E-state index contributed by atoms with van der Waals surface area (Å²) in [6, 6.07) is 5.59. The number of carbonyl (C=O) groups excluding carboxylic acids is 3. The molecule has 0 aliphatic heterocycles. The molecule has 1 aliphatic carbocycles. The maximum atomic E-state index is 13.1. The number of para-hydroxylation sites is 2. The number of ether oxygens (including phenoxy) is 1. The highest BCUT2D eigenvalue weighted by Crippen LogP contribution is 2.27. The molecular weight excluding hydrogens is 376 g/mol. The predicted molar refractivity (Wildman–Crippen MR) is 108 cm³/mol. The summed E-state index contributed by atoms with van der Waals surface area (Å²) in [6.07, 6.45) is 3.10. The molecule has 4 amide bonds. The van der Waals surface area contributed by atoms with E-state index in [-0.39, 0.29) is 18.4 Å². The summed E-state index contributed by atoms with van der Waals surface area (Å²) < 4.78 is 5.22. The van der Waals surface area contributed by atoms with E-state index in [9.17, 15) is 14.4 Å². The van der Waals surface area contributed by atoms with Gasteiger partial charge < -0.3 is 20.3 Å². The summed E-state index contributed by atoms with van der Waals surface area (Å²) in [5.41, 5.74) is 2.05. The fourth-order valence-electron chi connectivity index (χ4n) is 3.19. The average Bonchev–Trinajstić information content (AvgIpc) is 2.67. The van der Waals surface area contributed by atoms with E-state index < -0.39 is 18.0 Å². The summed E-state index contributed by atoms with van der Waals surface area (Å²) in [5, 5.41) is 14.2. The van der Waals surface area contributed by atoms with Crippen molar-refractivity contribution >= 4 is 23.5 Å². The van der Waals surface area contributed by atoms with Gasteiger partial charge >= 0.3 is 6.03 Å². The van der Waals surface area contributed by atoms with Crippen LogP contribution < -0.4 is 20.9 Å². The number of nitrogens with zero attached hydrogens (tertiary/aromatic N) is 1. The van der Waals surface area contributed by atoms with Crippen molar-refractivity contribution in [3.05, 3.63) is 24.3 Å². The monoisotopic (exact) mass is 406 g/mol. The van der Waals surface area contributed by atoms with Crippen LogP contribution in [-0.4, -0.2) is 54.2 Å². The van der Waals surface area contributed by atoms with Gasteiger partial charge in [-0.3, -0.25) is 14.8 Å². The number of urea groups is 1. The lowest BCUT2D eigenvalue weighted by atomic mass is 9.85. The minimum absolute atomic E-state index is 0.202. The Hall–Kier alpha value is -2.81. The van der Waals surface area contributed by atoms with Gasteiger partial charge in [-0.05, 0) is 36.8 Å². The Kier molecular flexibility index (Phi) is 8.26. The van der Waals surface area contributed by atoms with Gasteiger partial charge in [-0.1, -0.05) is 32.4 Å². The van der Waals surface area contributed by atoms with Crippen LogP contribution in [0.25, 0.3) is 0 Å². The molecule has 1 aromatic carbocycles. The van der Waals surface area contributed by atoms with Crippen LogP contribution in [0.4, 0.5) is 10.5 Å². The molecule has 29 heavy (non-hydrogen) atoms. The highest BCUT2D eigenvalue weighted by molar-refractivity contribution is 5.95. The number of anilines is 1. The molecule has 9 heteroatoms. The lowest BCUT2D eigenvalue weighted by molar-refractivity contribution is -0.142. The molecule has 0 heterocycles. The minimum Gasteiger partial charge on any atom is -0.495 e. The number of hydroxylamine groups is 1. The first kappa shape index (κ1) is 22.5. The highest BCUT2D eigenvalue weighted by atomic mass is 16.5. The molecule has 0 saturated heterocycles. The molecule has 0 radical (unpaired) electrons. The number of benzene rings is 1. The number of nitrogens with one attached hydrogen (secondary N) is 3. The summed E-state index contributed by atoms with van der Waals surface area (Å²) in [6.45, 7) is 3.80. The fraction of sp³-hybridized carbons (Fsp3) is 0.550. The van der Waals surface area contributed by atoms with Gasteiger partial charge in [-0.15, -0.1) is 0 Å². The van der Waals surface area contributed by atoms with Gasteiger partial charge in [-0.2, -0.15) is 0 Å². The molecule has 1 unspecified atom stereocenters.